The molecule has 0 radical (unpaired) electrons. The summed E-state index contributed by atoms with van der Waals surface area (Å²) in [7, 11) is 0. The lowest BCUT2D eigenvalue weighted by Crippen LogP contribution is -2.58. The highest BCUT2D eigenvalue weighted by Gasteiger charge is 2.33. The Balaban J connectivity index is 1.54. The first kappa shape index (κ1) is 20.1. The summed E-state index contributed by atoms with van der Waals surface area (Å²) in [4.78, 5) is 26.9. The summed E-state index contributed by atoms with van der Waals surface area (Å²) in [5.74, 6) is -0.175. The molecule has 1 atom stereocenters. The van der Waals surface area contributed by atoms with E-state index in [-0.39, 0.29) is 23.7 Å². The van der Waals surface area contributed by atoms with Gasteiger partial charge in [0.2, 0.25) is 11.8 Å². The first-order valence-electron chi connectivity index (χ1n) is 9.69. The topological polar surface area (TPSA) is 79.3 Å². The lowest BCUT2D eigenvalue weighted by molar-refractivity contribution is -0.134. The Labute approximate surface area is 166 Å². The summed E-state index contributed by atoms with van der Waals surface area (Å²) in [6, 6.07) is 9.34. The van der Waals surface area contributed by atoms with Gasteiger partial charge in [-0.15, -0.1) is 0 Å². The van der Waals surface area contributed by atoms with Gasteiger partial charge in [0.05, 0.1) is 18.2 Å². The normalized spacial score (nSPS) is 18.0. The number of hydrogen-bond donors (Lipinski definition) is 2. The van der Waals surface area contributed by atoms with Gasteiger partial charge >= 0.3 is 0 Å². The standard InChI is InChI=1S/C21H29N5O2/c1-21(2,3)15-25-12-10-22-20(28)18(25)13-19(27)23-14-16-5-7-17(8-6-16)26-11-4-9-24-26/h4-9,11,18H,10,12-15H2,1-3H3,(H,22,28)(H,23,27). The van der Waals surface area contributed by atoms with Gasteiger partial charge in [-0.1, -0.05) is 32.9 Å². The Morgan fingerprint density at radius 1 is 1.29 bits per heavy atom. The molecule has 0 aliphatic carbocycles. The van der Waals surface area contributed by atoms with Crippen LogP contribution in [0, 0.1) is 5.41 Å². The molecule has 1 aromatic carbocycles. The molecule has 150 valence electrons. The van der Waals surface area contributed by atoms with Crippen molar-refractivity contribution in [3.8, 4) is 5.69 Å². The van der Waals surface area contributed by atoms with E-state index in [1.54, 1.807) is 10.9 Å². The molecule has 1 aliphatic heterocycles. The van der Waals surface area contributed by atoms with Crippen LogP contribution in [-0.4, -0.2) is 52.2 Å². The number of benzene rings is 1. The molecule has 0 saturated carbocycles. The molecule has 1 aromatic heterocycles. The minimum absolute atomic E-state index is 0.0609. The van der Waals surface area contributed by atoms with E-state index in [9.17, 15) is 9.59 Å². The number of rotatable bonds is 6. The van der Waals surface area contributed by atoms with Crippen LogP contribution in [0.5, 0.6) is 0 Å². The van der Waals surface area contributed by atoms with Crippen LogP contribution in [0.3, 0.4) is 0 Å². The maximum atomic E-state index is 12.5. The van der Waals surface area contributed by atoms with Crippen molar-refractivity contribution in [3.05, 3.63) is 48.3 Å². The number of carbonyl (C=O) groups is 2. The highest BCUT2D eigenvalue weighted by Crippen LogP contribution is 2.19. The van der Waals surface area contributed by atoms with Gasteiger partial charge in [0.1, 0.15) is 0 Å². The van der Waals surface area contributed by atoms with Crippen LogP contribution in [0.25, 0.3) is 5.69 Å². The Hall–Kier alpha value is -2.67. The molecule has 1 aliphatic rings. The predicted molar refractivity (Wildman–Crippen MR) is 108 cm³/mol. The van der Waals surface area contributed by atoms with Crippen LogP contribution in [-0.2, 0) is 16.1 Å². The molecular weight excluding hydrogens is 354 g/mol. The van der Waals surface area contributed by atoms with Crippen LogP contribution in [0.2, 0.25) is 0 Å². The van der Waals surface area contributed by atoms with Gasteiger partial charge < -0.3 is 10.6 Å². The fourth-order valence-corrected chi connectivity index (χ4v) is 3.42. The number of hydrogen-bond acceptors (Lipinski definition) is 4. The second kappa shape index (κ2) is 8.56. The van der Waals surface area contributed by atoms with Crippen molar-refractivity contribution < 1.29 is 9.59 Å². The minimum Gasteiger partial charge on any atom is -0.353 e. The molecule has 2 N–H and O–H groups in total. The molecule has 2 amide bonds. The van der Waals surface area contributed by atoms with Gasteiger partial charge in [-0.05, 0) is 29.2 Å². The molecule has 0 bridgehead atoms. The SMILES string of the molecule is CC(C)(C)CN1CCNC(=O)C1CC(=O)NCc1ccc(-n2cccn2)cc1. The zero-order valence-electron chi connectivity index (χ0n) is 16.8. The van der Waals surface area contributed by atoms with E-state index in [1.807, 2.05) is 36.5 Å². The van der Waals surface area contributed by atoms with E-state index in [0.29, 0.717) is 13.1 Å². The minimum atomic E-state index is -0.407. The van der Waals surface area contributed by atoms with E-state index in [2.05, 4.69) is 41.4 Å². The molecule has 2 aromatic rings. The lowest BCUT2D eigenvalue weighted by Gasteiger charge is -2.38. The van der Waals surface area contributed by atoms with Gasteiger partial charge in [-0.25, -0.2) is 4.68 Å². The van der Waals surface area contributed by atoms with Gasteiger partial charge in [0, 0.05) is 38.6 Å². The summed E-state index contributed by atoms with van der Waals surface area (Å²) in [6.07, 6.45) is 3.79. The zero-order valence-corrected chi connectivity index (χ0v) is 16.8. The van der Waals surface area contributed by atoms with Crippen LogP contribution in [0.15, 0.2) is 42.7 Å². The molecular formula is C21H29N5O2. The number of nitrogens with one attached hydrogen (secondary N) is 2. The van der Waals surface area contributed by atoms with Crippen molar-refractivity contribution >= 4 is 11.8 Å². The van der Waals surface area contributed by atoms with Gasteiger partial charge in [-0.2, -0.15) is 5.10 Å². The van der Waals surface area contributed by atoms with E-state index in [1.165, 1.54) is 0 Å². The van der Waals surface area contributed by atoms with E-state index in [0.717, 1.165) is 24.3 Å². The quantitative estimate of drug-likeness (QED) is 0.796. The highest BCUT2D eigenvalue weighted by molar-refractivity contribution is 5.88. The molecule has 1 saturated heterocycles. The van der Waals surface area contributed by atoms with E-state index >= 15 is 0 Å². The number of nitrogens with zero attached hydrogens (tertiary/aromatic N) is 3. The van der Waals surface area contributed by atoms with Gasteiger partial charge in [0.15, 0.2) is 0 Å². The molecule has 0 spiro atoms. The maximum absolute atomic E-state index is 12.5. The second-order valence-corrected chi connectivity index (χ2v) is 8.44. The molecule has 2 heterocycles. The predicted octanol–water partition coefficient (Wildman–Crippen LogP) is 1.73. The average molecular weight is 383 g/mol. The Morgan fingerprint density at radius 2 is 2.04 bits per heavy atom. The third-order valence-electron chi connectivity index (χ3n) is 4.69. The number of amides is 2. The first-order valence-corrected chi connectivity index (χ1v) is 9.69. The maximum Gasteiger partial charge on any atom is 0.237 e. The molecule has 3 rings (SSSR count). The van der Waals surface area contributed by atoms with Crippen molar-refractivity contribution in [1.82, 2.24) is 25.3 Å². The molecule has 7 nitrogen and oxygen atoms in total. The molecule has 1 fully saturated rings. The van der Waals surface area contributed by atoms with Crippen LogP contribution >= 0.6 is 0 Å². The number of aromatic nitrogens is 2. The third kappa shape index (κ3) is 5.42. The van der Waals surface area contributed by atoms with Crippen molar-refractivity contribution in [2.24, 2.45) is 5.41 Å². The van der Waals surface area contributed by atoms with Gasteiger partial charge in [-0.3, -0.25) is 14.5 Å². The monoisotopic (exact) mass is 383 g/mol. The Morgan fingerprint density at radius 3 is 2.68 bits per heavy atom. The number of piperazine rings is 1. The summed E-state index contributed by atoms with van der Waals surface area (Å²) in [5.41, 5.74) is 2.04. The third-order valence-corrected chi connectivity index (χ3v) is 4.69. The van der Waals surface area contributed by atoms with E-state index < -0.39 is 6.04 Å². The zero-order chi connectivity index (χ0) is 20.1. The fraction of sp³-hybridized carbons (Fsp3) is 0.476. The number of carbonyl (C=O) groups excluding carboxylic acids is 2. The second-order valence-electron chi connectivity index (χ2n) is 8.44. The molecule has 1 unspecified atom stereocenters. The van der Waals surface area contributed by atoms with Crippen molar-refractivity contribution in [3.63, 3.8) is 0 Å². The van der Waals surface area contributed by atoms with Gasteiger partial charge in [0.25, 0.3) is 0 Å². The first-order chi connectivity index (χ1) is 13.3. The summed E-state index contributed by atoms with van der Waals surface area (Å²) in [5, 5.41) is 10.0. The Kier molecular flexibility index (Phi) is 6.14. The Bertz CT molecular complexity index is 793. The lowest BCUT2D eigenvalue weighted by atomic mass is 9.94. The largest absolute Gasteiger partial charge is 0.353 e. The van der Waals surface area contributed by atoms with Crippen molar-refractivity contribution in [2.75, 3.05) is 19.6 Å². The highest BCUT2D eigenvalue weighted by atomic mass is 16.2. The molecule has 7 heteroatoms. The van der Waals surface area contributed by atoms with Crippen LogP contribution in [0.4, 0.5) is 0 Å². The smallest absolute Gasteiger partial charge is 0.237 e. The van der Waals surface area contributed by atoms with Crippen LogP contribution < -0.4 is 10.6 Å². The van der Waals surface area contributed by atoms with E-state index in [4.69, 9.17) is 0 Å². The van der Waals surface area contributed by atoms with Crippen LogP contribution in [0.1, 0.15) is 32.8 Å². The fourth-order valence-electron chi connectivity index (χ4n) is 3.42. The molecule has 28 heavy (non-hydrogen) atoms. The average Bonchev–Trinajstić information content (AvgIpc) is 3.17. The summed E-state index contributed by atoms with van der Waals surface area (Å²) in [6.45, 7) is 9.06. The van der Waals surface area contributed by atoms with Crippen molar-refractivity contribution in [2.45, 2.75) is 39.8 Å². The summed E-state index contributed by atoms with van der Waals surface area (Å²) >= 11 is 0. The van der Waals surface area contributed by atoms with Crippen molar-refractivity contribution in [1.29, 1.82) is 0 Å². The summed E-state index contributed by atoms with van der Waals surface area (Å²) < 4.78 is 1.79.